The number of benzene rings is 4. The lowest BCUT2D eigenvalue weighted by Crippen LogP contribution is -2.18. The summed E-state index contributed by atoms with van der Waals surface area (Å²) in [5, 5.41) is 0. The summed E-state index contributed by atoms with van der Waals surface area (Å²) in [4.78, 5) is 76.5. The minimum absolute atomic E-state index is 0.0511. The summed E-state index contributed by atoms with van der Waals surface area (Å²) in [5.74, 6) is 2.67. The van der Waals surface area contributed by atoms with Crippen LogP contribution in [0.25, 0.3) is 22.1 Å². The number of ketones is 2. The molecular formula is C48H40N8O6. The molecule has 0 aliphatic carbocycles. The van der Waals surface area contributed by atoms with Gasteiger partial charge in [-0.15, -0.1) is 0 Å². The molecule has 14 nitrogen and oxygen atoms in total. The first kappa shape index (κ1) is 39.5. The fraction of sp³-hybridized carbons (Fsp3) is 0.167. The summed E-state index contributed by atoms with van der Waals surface area (Å²) in [7, 11) is 3.61. The predicted molar refractivity (Wildman–Crippen MR) is 231 cm³/mol. The van der Waals surface area contributed by atoms with E-state index in [1.54, 1.807) is 84.8 Å². The molecule has 4 aromatic carbocycles. The Hall–Kier alpha value is -8.00. The molecule has 0 bridgehead atoms. The molecule has 10 rings (SSSR count). The average molecular weight is 825 g/mol. The number of aromatic amines is 2. The number of pyridine rings is 2. The van der Waals surface area contributed by atoms with Gasteiger partial charge >= 0.3 is 0 Å². The third-order valence-electron chi connectivity index (χ3n) is 11.0. The Morgan fingerprint density at radius 3 is 1.32 bits per heavy atom. The number of likely N-dealkylation sites (tertiary alicyclic amines) is 2. The summed E-state index contributed by atoms with van der Waals surface area (Å²) in [6, 6.07) is 36.4. The van der Waals surface area contributed by atoms with Crippen LogP contribution in [0.3, 0.4) is 0 Å². The van der Waals surface area contributed by atoms with Crippen LogP contribution in [0.1, 0.15) is 68.2 Å². The number of carbonyl (C=O) groups is 4. The second-order valence-electron chi connectivity index (χ2n) is 15.3. The number of nitrogens with one attached hydrogen (secondary N) is 2. The number of likely N-dealkylation sites (N-methyl/N-ethyl adjacent to an activating group) is 2. The molecular weight excluding hydrogens is 785 g/mol. The van der Waals surface area contributed by atoms with E-state index in [0.717, 1.165) is 33.2 Å². The number of para-hydroxylation sites is 4. The third-order valence-corrected chi connectivity index (χ3v) is 11.0. The molecule has 8 aromatic rings. The SMILES string of the molecule is CN1CC(c2cccnc2Oc2ccc(C(=O)c3nc4ccccc4[nH]3)cc2)CC1=O.CN1CC(c2cccnc2Oc2ccc(C(=O)c3nc4ccccc4[nH]3)cc2)CC1=O. The van der Waals surface area contributed by atoms with E-state index in [2.05, 4.69) is 29.9 Å². The lowest BCUT2D eigenvalue weighted by atomic mass is 9.99. The highest BCUT2D eigenvalue weighted by atomic mass is 16.5. The highest BCUT2D eigenvalue weighted by Crippen LogP contribution is 2.36. The Bertz CT molecular complexity index is 2690. The van der Waals surface area contributed by atoms with Gasteiger partial charge in [-0.25, -0.2) is 19.9 Å². The van der Waals surface area contributed by atoms with Crippen LogP contribution in [-0.4, -0.2) is 90.3 Å². The van der Waals surface area contributed by atoms with Crippen LogP contribution in [0.15, 0.2) is 134 Å². The quantitative estimate of drug-likeness (QED) is 0.129. The number of carbonyl (C=O) groups excluding carboxylic acids is 4. The van der Waals surface area contributed by atoms with E-state index < -0.39 is 0 Å². The van der Waals surface area contributed by atoms with Crippen molar-refractivity contribution in [1.29, 1.82) is 0 Å². The zero-order valence-electron chi connectivity index (χ0n) is 33.8. The van der Waals surface area contributed by atoms with Crippen LogP contribution in [0.4, 0.5) is 0 Å². The number of imidazole rings is 2. The van der Waals surface area contributed by atoms with Crippen molar-refractivity contribution in [2.75, 3.05) is 27.2 Å². The average Bonchev–Trinajstić information content (AvgIpc) is 4.09. The minimum atomic E-state index is -0.186. The Morgan fingerprint density at radius 1 is 0.548 bits per heavy atom. The molecule has 4 aromatic heterocycles. The Labute approximate surface area is 355 Å². The van der Waals surface area contributed by atoms with Crippen molar-refractivity contribution in [2.24, 2.45) is 0 Å². The molecule has 2 atom stereocenters. The minimum Gasteiger partial charge on any atom is -0.439 e. The molecule has 2 N–H and O–H groups in total. The number of amides is 2. The third kappa shape index (κ3) is 8.26. The number of nitrogens with zero attached hydrogens (tertiary/aromatic N) is 6. The molecule has 0 radical (unpaired) electrons. The number of rotatable bonds is 10. The molecule has 2 aliphatic rings. The van der Waals surface area contributed by atoms with Gasteiger partial charge in [-0.3, -0.25) is 19.2 Å². The molecule has 2 amide bonds. The normalized spacial score (nSPS) is 16.1. The zero-order chi connectivity index (χ0) is 42.7. The van der Waals surface area contributed by atoms with Crippen LogP contribution in [0.2, 0.25) is 0 Å². The van der Waals surface area contributed by atoms with E-state index in [0.29, 0.717) is 72.0 Å². The fourth-order valence-corrected chi connectivity index (χ4v) is 7.71. The van der Waals surface area contributed by atoms with E-state index in [1.165, 1.54) is 0 Å². The molecule has 308 valence electrons. The Balaban J connectivity index is 0.000000158. The molecule has 2 fully saturated rings. The first-order chi connectivity index (χ1) is 30.2. The second-order valence-corrected chi connectivity index (χ2v) is 15.3. The highest BCUT2D eigenvalue weighted by Gasteiger charge is 2.32. The van der Waals surface area contributed by atoms with Gasteiger partial charge in [0.1, 0.15) is 11.5 Å². The largest absolute Gasteiger partial charge is 0.439 e. The van der Waals surface area contributed by atoms with Crippen LogP contribution in [-0.2, 0) is 9.59 Å². The van der Waals surface area contributed by atoms with Gasteiger partial charge in [-0.1, -0.05) is 36.4 Å². The van der Waals surface area contributed by atoms with Crippen molar-refractivity contribution in [1.82, 2.24) is 39.7 Å². The maximum atomic E-state index is 12.8. The van der Waals surface area contributed by atoms with Crippen molar-refractivity contribution < 1.29 is 28.7 Å². The maximum absolute atomic E-state index is 12.8. The van der Waals surface area contributed by atoms with Gasteiger partial charge in [0, 0.05) is 86.5 Å². The smallest absolute Gasteiger partial charge is 0.228 e. The standard InChI is InChI=1S/2C24H20N4O3/c2*1-28-14-16(13-21(28)29)18-5-4-12-25-24(18)31-17-10-8-15(9-11-17)22(30)23-26-19-6-2-3-7-20(19)27-23/h2*2-12,16H,13-14H2,1H3,(H,26,27). The van der Waals surface area contributed by atoms with Gasteiger partial charge < -0.3 is 29.2 Å². The molecule has 0 spiro atoms. The lowest BCUT2D eigenvalue weighted by molar-refractivity contribution is -0.127. The molecule has 0 saturated carbocycles. The molecule has 62 heavy (non-hydrogen) atoms. The van der Waals surface area contributed by atoms with Gasteiger partial charge in [0.25, 0.3) is 0 Å². The zero-order valence-corrected chi connectivity index (χ0v) is 33.8. The van der Waals surface area contributed by atoms with Gasteiger partial charge in [-0.2, -0.15) is 0 Å². The topological polar surface area (TPSA) is 176 Å². The number of ether oxygens (including phenoxy) is 2. The van der Waals surface area contributed by atoms with Crippen LogP contribution in [0.5, 0.6) is 23.3 Å². The van der Waals surface area contributed by atoms with Crippen molar-refractivity contribution in [3.63, 3.8) is 0 Å². The van der Waals surface area contributed by atoms with Gasteiger partial charge in [0.05, 0.1) is 22.1 Å². The van der Waals surface area contributed by atoms with Crippen molar-refractivity contribution in [3.05, 3.63) is 168 Å². The number of hydrogen-bond donors (Lipinski definition) is 2. The highest BCUT2D eigenvalue weighted by molar-refractivity contribution is 6.08. The summed E-state index contributed by atoms with van der Waals surface area (Å²) in [5.41, 5.74) is 5.99. The van der Waals surface area contributed by atoms with Crippen LogP contribution < -0.4 is 9.47 Å². The fourth-order valence-electron chi connectivity index (χ4n) is 7.71. The van der Waals surface area contributed by atoms with Crippen LogP contribution in [0, 0.1) is 0 Å². The number of hydrogen-bond acceptors (Lipinski definition) is 10. The molecule has 2 unspecified atom stereocenters. The number of H-pyrrole nitrogens is 2. The van der Waals surface area contributed by atoms with E-state index >= 15 is 0 Å². The van der Waals surface area contributed by atoms with E-state index in [9.17, 15) is 19.2 Å². The number of aromatic nitrogens is 6. The molecule has 2 aliphatic heterocycles. The van der Waals surface area contributed by atoms with Gasteiger partial charge in [0.15, 0.2) is 11.6 Å². The summed E-state index contributed by atoms with van der Waals surface area (Å²) >= 11 is 0. The Morgan fingerprint density at radius 2 is 0.952 bits per heavy atom. The molecule has 2 saturated heterocycles. The predicted octanol–water partition coefficient (Wildman–Crippen LogP) is 7.85. The Kier molecular flexibility index (Phi) is 10.8. The number of fused-ring (bicyclic) bond motifs is 2. The van der Waals surface area contributed by atoms with Gasteiger partial charge in [0.2, 0.25) is 35.1 Å². The molecule has 14 heteroatoms. The van der Waals surface area contributed by atoms with Crippen molar-refractivity contribution in [2.45, 2.75) is 24.7 Å². The molecule has 6 heterocycles. The monoisotopic (exact) mass is 824 g/mol. The lowest BCUT2D eigenvalue weighted by Gasteiger charge is -2.14. The summed E-state index contributed by atoms with van der Waals surface area (Å²) < 4.78 is 12.0. The summed E-state index contributed by atoms with van der Waals surface area (Å²) in [6.45, 7) is 1.29. The second kappa shape index (κ2) is 16.9. The van der Waals surface area contributed by atoms with Gasteiger partial charge in [-0.05, 0) is 84.9 Å². The van der Waals surface area contributed by atoms with E-state index in [4.69, 9.17) is 9.47 Å². The first-order valence-electron chi connectivity index (χ1n) is 20.1. The maximum Gasteiger partial charge on any atom is 0.228 e. The summed E-state index contributed by atoms with van der Waals surface area (Å²) in [6.07, 6.45) is 4.23. The van der Waals surface area contributed by atoms with Crippen molar-refractivity contribution >= 4 is 45.4 Å². The van der Waals surface area contributed by atoms with Crippen molar-refractivity contribution in [3.8, 4) is 23.3 Å². The first-order valence-corrected chi connectivity index (χ1v) is 20.1. The van der Waals surface area contributed by atoms with E-state index in [-0.39, 0.29) is 35.2 Å². The van der Waals surface area contributed by atoms with Crippen LogP contribution >= 0.6 is 0 Å². The van der Waals surface area contributed by atoms with E-state index in [1.807, 2.05) is 72.8 Å².